The molecule has 0 aliphatic heterocycles. The van der Waals surface area contributed by atoms with Gasteiger partial charge in [-0.05, 0) is 44.7 Å². The third kappa shape index (κ3) is 5.00. The number of halogens is 1. The first-order valence-electron chi connectivity index (χ1n) is 5.71. The van der Waals surface area contributed by atoms with Crippen LogP contribution in [-0.4, -0.2) is 29.5 Å². The van der Waals surface area contributed by atoms with Crippen LogP contribution in [0.25, 0.3) is 0 Å². The zero-order valence-corrected chi connectivity index (χ0v) is 12.9. The van der Waals surface area contributed by atoms with Crippen LogP contribution < -0.4 is 5.32 Å². The summed E-state index contributed by atoms with van der Waals surface area (Å²) in [6.07, 6.45) is 0.931. The van der Waals surface area contributed by atoms with Crippen molar-refractivity contribution in [2.45, 2.75) is 36.0 Å². The van der Waals surface area contributed by atoms with E-state index < -0.39 is 0 Å². The molecule has 1 aromatic rings. The Hall–Kier alpha value is -0.0300. The summed E-state index contributed by atoms with van der Waals surface area (Å²) in [4.78, 5) is 1.26. The molecule has 0 saturated heterocycles. The Morgan fingerprint density at radius 1 is 1.41 bits per heavy atom. The number of hydrogen-bond donors (Lipinski definition) is 2. The molecule has 1 rings (SSSR count). The molecule has 0 radical (unpaired) electrons. The van der Waals surface area contributed by atoms with Gasteiger partial charge in [0.1, 0.15) is 0 Å². The minimum Gasteiger partial charge on any atom is -0.394 e. The average molecular weight is 318 g/mol. The van der Waals surface area contributed by atoms with E-state index in [0.29, 0.717) is 5.25 Å². The minimum atomic E-state index is -0.193. The van der Waals surface area contributed by atoms with Crippen LogP contribution in [0.4, 0.5) is 0 Å². The first-order valence-corrected chi connectivity index (χ1v) is 7.38. The van der Waals surface area contributed by atoms with Crippen molar-refractivity contribution in [3.63, 3.8) is 0 Å². The Morgan fingerprint density at radius 2 is 2.00 bits per heavy atom. The summed E-state index contributed by atoms with van der Waals surface area (Å²) in [7, 11) is 1.90. The number of likely N-dealkylation sites (N-methyl/N-ethyl adjacent to an activating group) is 1. The SMILES string of the molecule is CNC(C)(CO)CC(C)Sc1ccc(Br)cc1. The van der Waals surface area contributed by atoms with Gasteiger partial charge in [-0.15, -0.1) is 11.8 Å². The lowest BCUT2D eigenvalue weighted by molar-refractivity contribution is 0.174. The van der Waals surface area contributed by atoms with Crippen LogP contribution in [0.5, 0.6) is 0 Å². The van der Waals surface area contributed by atoms with Gasteiger partial charge in [0.05, 0.1) is 6.61 Å². The summed E-state index contributed by atoms with van der Waals surface area (Å²) in [5.74, 6) is 0. The molecule has 2 unspecified atom stereocenters. The summed E-state index contributed by atoms with van der Waals surface area (Å²) in [6, 6.07) is 8.33. The molecule has 0 aliphatic rings. The summed E-state index contributed by atoms with van der Waals surface area (Å²) in [6.45, 7) is 4.40. The quantitative estimate of drug-likeness (QED) is 0.790. The molecule has 0 aliphatic carbocycles. The fraction of sp³-hybridized carbons (Fsp3) is 0.538. The predicted octanol–water partition coefficient (Wildman–Crippen LogP) is 3.29. The molecule has 0 bridgehead atoms. The van der Waals surface area contributed by atoms with Crippen molar-refractivity contribution in [1.29, 1.82) is 0 Å². The second-order valence-electron chi connectivity index (χ2n) is 4.56. The van der Waals surface area contributed by atoms with E-state index in [1.807, 2.05) is 25.7 Å². The molecule has 2 nitrogen and oxygen atoms in total. The van der Waals surface area contributed by atoms with Gasteiger partial charge in [0, 0.05) is 20.2 Å². The van der Waals surface area contributed by atoms with Crippen LogP contribution in [0.2, 0.25) is 0 Å². The normalized spacial score (nSPS) is 16.5. The van der Waals surface area contributed by atoms with Crippen molar-refractivity contribution in [2.75, 3.05) is 13.7 Å². The molecule has 0 aromatic heterocycles. The van der Waals surface area contributed by atoms with Crippen molar-refractivity contribution in [1.82, 2.24) is 5.32 Å². The highest BCUT2D eigenvalue weighted by Crippen LogP contribution is 2.29. The maximum absolute atomic E-state index is 9.36. The molecule has 0 spiro atoms. The Bertz CT molecular complexity index is 338. The highest BCUT2D eigenvalue weighted by molar-refractivity contribution is 9.10. The summed E-state index contributed by atoms with van der Waals surface area (Å²) in [5, 5.41) is 13.0. The van der Waals surface area contributed by atoms with Crippen LogP contribution in [0.3, 0.4) is 0 Å². The lowest BCUT2D eigenvalue weighted by Gasteiger charge is -2.29. The summed E-state index contributed by atoms with van der Waals surface area (Å²) < 4.78 is 1.10. The molecule has 1 aromatic carbocycles. The molecule has 0 heterocycles. The smallest absolute Gasteiger partial charge is 0.0610 e. The summed E-state index contributed by atoms with van der Waals surface area (Å²) >= 11 is 5.27. The van der Waals surface area contributed by atoms with Crippen molar-refractivity contribution < 1.29 is 5.11 Å². The van der Waals surface area contributed by atoms with Crippen LogP contribution >= 0.6 is 27.7 Å². The molecule has 2 N–H and O–H groups in total. The van der Waals surface area contributed by atoms with Gasteiger partial charge in [-0.2, -0.15) is 0 Å². The maximum atomic E-state index is 9.36. The molecule has 2 atom stereocenters. The largest absolute Gasteiger partial charge is 0.394 e. The van der Waals surface area contributed by atoms with Gasteiger partial charge in [0.15, 0.2) is 0 Å². The second kappa shape index (κ2) is 6.78. The molecular formula is C13H20BrNOS. The van der Waals surface area contributed by atoms with E-state index in [9.17, 15) is 5.11 Å². The van der Waals surface area contributed by atoms with E-state index in [1.165, 1.54) is 4.90 Å². The average Bonchev–Trinajstić information content (AvgIpc) is 2.32. The molecule has 17 heavy (non-hydrogen) atoms. The van der Waals surface area contributed by atoms with Crippen LogP contribution in [-0.2, 0) is 0 Å². The first-order chi connectivity index (χ1) is 7.99. The Kier molecular flexibility index (Phi) is 6.00. The van der Waals surface area contributed by atoms with Crippen molar-refractivity contribution >= 4 is 27.7 Å². The fourth-order valence-corrected chi connectivity index (χ4v) is 3.14. The number of aliphatic hydroxyl groups excluding tert-OH is 1. The standard InChI is InChI=1S/C13H20BrNOS/c1-10(8-13(2,9-16)15-3)17-12-6-4-11(14)5-7-12/h4-7,10,15-16H,8-9H2,1-3H3. The van der Waals surface area contributed by atoms with E-state index in [1.54, 1.807) is 0 Å². The van der Waals surface area contributed by atoms with Gasteiger partial charge in [-0.1, -0.05) is 22.9 Å². The molecule has 0 fully saturated rings. The lowest BCUT2D eigenvalue weighted by atomic mass is 9.97. The molecule has 0 saturated carbocycles. The number of rotatable bonds is 6. The van der Waals surface area contributed by atoms with Gasteiger partial charge in [0.2, 0.25) is 0 Å². The predicted molar refractivity (Wildman–Crippen MR) is 78.6 cm³/mol. The van der Waals surface area contributed by atoms with Crippen molar-refractivity contribution in [3.05, 3.63) is 28.7 Å². The van der Waals surface area contributed by atoms with E-state index >= 15 is 0 Å². The Morgan fingerprint density at radius 3 is 2.47 bits per heavy atom. The van der Waals surface area contributed by atoms with Crippen LogP contribution in [0.1, 0.15) is 20.3 Å². The van der Waals surface area contributed by atoms with Crippen molar-refractivity contribution in [2.24, 2.45) is 0 Å². The van der Waals surface area contributed by atoms with E-state index in [0.717, 1.165) is 10.9 Å². The fourth-order valence-electron chi connectivity index (χ4n) is 1.67. The monoisotopic (exact) mass is 317 g/mol. The van der Waals surface area contributed by atoms with E-state index in [4.69, 9.17) is 0 Å². The second-order valence-corrected chi connectivity index (χ2v) is 6.98. The Labute approximate surface area is 116 Å². The first kappa shape index (κ1) is 15.0. The molecular weight excluding hydrogens is 298 g/mol. The third-order valence-corrected chi connectivity index (χ3v) is 4.48. The van der Waals surface area contributed by atoms with E-state index in [-0.39, 0.29) is 12.1 Å². The minimum absolute atomic E-state index is 0.161. The highest BCUT2D eigenvalue weighted by atomic mass is 79.9. The van der Waals surface area contributed by atoms with Gasteiger partial charge < -0.3 is 10.4 Å². The molecule has 96 valence electrons. The van der Waals surface area contributed by atoms with E-state index in [2.05, 4.69) is 52.4 Å². The maximum Gasteiger partial charge on any atom is 0.0610 e. The third-order valence-electron chi connectivity index (χ3n) is 2.84. The zero-order chi connectivity index (χ0) is 12.9. The van der Waals surface area contributed by atoms with Gasteiger partial charge in [-0.25, -0.2) is 0 Å². The van der Waals surface area contributed by atoms with Gasteiger partial charge in [-0.3, -0.25) is 0 Å². The number of thioether (sulfide) groups is 1. The number of aliphatic hydroxyl groups is 1. The lowest BCUT2D eigenvalue weighted by Crippen LogP contribution is -2.45. The number of hydrogen-bond acceptors (Lipinski definition) is 3. The Balaban J connectivity index is 2.54. The van der Waals surface area contributed by atoms with Crippen LogP contribution in [0, 0.1) is 0 Å². The van der Waals surface area contributed by atoms with Gasteiger partial charge in [0.25, 0.3) is 0 Å². The number of benzene rings is 1. The molecule has 0 amide bonds. The van der Waals surface area contributed by atoms with Crippen molar-refractivity contribution in [3.8, 4) is 0 Å². The van der Waals surface area contributed by atoms with Gasteiger partial charge >= 0.3 is 0 Å². The van der Waals surface area contributed by atoms with Crippen LogP contribution in [0.15, 0.2) is 33.6 Å². The molecule has 4 heteroatoms. The summed E-state index contributed by atoms with van der Waals surface area (Å²) in [5.41, 5.74) is -0.193. The topological polar surface area (TPSA) is 32.3 Å². The highest BCUT2D eigenvalue weighted by Gasteiger charge is 2.23. The number of nitrogens with one attached hydrogen (secondary N) is 1. The zero-order valence-electron chi connectivity index (χ0n) is 10.5.